The van der Waals surface area contributed by atoms with Crippen LogP contribution in [0, 0.1) is 0 Å². The maximum atomic E-state index is 11.8. The molecule has 1 aromatic heterocycles. The van der Waals surface area contributed by atoms with Gasteiger partial charge >= 0.3 is 0 Å². The lowest BCUT2D eigenvalue weighted by atomic mass is 9.87. The van der Waals surface area contributed by atoms with Crippen LogP contribution < -0.4 is 10.1 Å². The van der Waals surface area contributed by atoms with Gasteiger partial charge in [0, 0.05) is 11.9 Å². The number of benzene rings is 1. The molecule has 0 saturated heterocycles. The van der Waals surface area contributed by atoms with Gasteiger partial charge in [0.2, 0.25) is 5.91 Å². The van der Waals surface area contributed by atoms with Crippen LogP contribution in [-0.4, -0.2) is 29.8 Å². The van der Waals surface area contributed by atoms with Gasteiger partial charge in [-0.05, 0) is 35.2 Å². The molecule has 5 heteroatoms. The van der Waals surface area contributed by atoms with Crippen molar-refractivity contribution in [3.05, 3.63) is 59.9 Å². The van der Waals surface area contributed by atoms with Crippen LogP contribution in [0.5, 0.6) is 5.75 Å². The summed E-state index contributed by atoms with van der Waals surface area (Å²) < 4.78 is 5.67. The predicted octanol–water partition coefficient (Wildman–Crippen LogP) is 3.81. The Morgan fingerprint density at radius 3 is 2.56 bits per heavy atom. The van der Waals surface area contributed by atoms with Crippen LogP contribution in [0.15, 0.2) is 48.7 Å². The van der Waals surface area contributed by atoms with Gasteiger partial charge in [0.1, 0.15) is 12.4 Å². The Morgan fingerprint density at radius 1 is 1.16 bits per heavy atom. The van der Waals surface area contributed by atoms with E-state index in [1.165, 1.54) is 5.56 Å². The molecular formula is C20H26N2O2S. The molecule has 0 bridgehead atoms. The van der Waals surface area contributed by atoms with Crippen molar-refractivity contribution in [3.63, 3.8) is 0 Å². The van der Waals surface area contributed by atoms with E-state index in [9.17, 15) is 4.79 Å². The number of nitrogens with one attached hydrogen (secondary N) is 1. The minimum Gasteiger partial charge on any atom is -0.492 e. The Morgan fingerprint density at radius 2 is 1.92 bits per heavy atom. The van der Waals surface area contributed by atoms with Gasteiger partial charge in [0.15, 0.2) is 0 Å². The number of rotatable bonds is 8. The van der Waals surface area contributed by atoms with Crippen molar-refractivity contribution in [2.45, 2.75) is 31.9 Å². The minimum absolute atomic E-state index is 0.0209. The highest BCUT2D eigenvalue weighted by molar-refractivity contribution is 7.99. The van der Waals surface area contributed by atoms with Gasteiger partial charge in [-0.3, -0.25) is 9.78 Å². The van der Waals surface area contributed by atoms with E-state index >= 15 is 0 Å². The van der Waals surface area contributed by atoms with E-state index in [4.69, 9.17) is 4.74 Å². The summed E-state index contributed by atoms with van der Waals surface area (Å²) >= 11 is 1.56. The molecule has 0 atom stereocenters. The zero-order valence-corrected chi connectivity index (χ0v) is 15.9. The molecule has 0 fully saturated rings. The zero-order chi connectivity index (χ0) is 18.1. The first kappa shape index (κ1) is 19.3. The topological polar surface area (TPSA) is 51.2 Å². The smallest absolute Gasteiger partial charge is 0.230 e. The molecule has 1 N–H and O–H groups in total. The summed E-state index contributed by atoms with van der Waals surface area (Å²) in [5.74, 6) is 2.02. The molecule has 4 nitrogen and oxygen atoms in total. The van der Waals surface area contributed by atoms with E-state index < -0.39 is 0 Å². The van der Waals surface area contributed by atoms with Crippen LogP contribution in [0.1, 0.15) is 32.0 Å². The lowest BCUT2D eigenvalue weighted by Crippen LogP contribution is -2.29. The van der Waals surface area contributed by atoms with Gasteiger partial charge in [-0.1, -0.05) is 39.0 Å². The summed E-state index contributed by atoms with van der Waals surface area (Å²) in [6, 6.07) is 13.9. The molecule has 2 aromatic rings. The van der Waals surface area contributed by atoms with Gasteiger partial charge in [-0.2, -0.15) is 0 Å². The summed E-state index contributed by atoms with van der Waals surface area (Å²) in [4.78, 5) is 16.0. The maximum absolute atomic E-state index is 11.8. The van der Waals surface area contributed by atoms with Crippen LogP contribution in [0.3, 0.4) is 0 Å². The van der Waals surface area contributed by atoms with E-state index in [1.807, 2.05) is 30.3 Å². The highest BCUT2D eigenvalue weighted by atomic mass is 32.2. The van der Waals surface area contributed by atoms with Crippen LogP contribution >= 0.6 is 11.8 Å². The highest BCUT2D eigenvalue weighted by Gasteiger charge is 2.12. The number of ether oxygens (including phenoxy) is 1. The Balaban J connectivity index is 1.60. The maximum Gasteiger partial charge on any atom is 0.230 e. The monoisotopic (exact) mass is 358 g/mol. The number of pyridine rings is 1. The second-order valence-corrected chi connectivity index (χ2v) is 7.77. The van der Waals surface area contributed by atoms with E-state index in [-0.39, 0.29) is 11.3 Å². The molecule has 0 aliphatic heterocycles. The molecule has 1 amide bonds. The lowest BCUT2D eigenvalue weighted by molar-refractivity contribution is -0.118. The molecule has 0 saturated carbocycles. The molecule has 0 spiro atoms. The summed E-state index contributed by atoms with van der Waals surface area (Å²) in [5, 5.41) is 2.87. The molecular weight excluding hydrogens is 332 g/mol. The Hall–Kier alpha value is -2.01. The number of aromatic nitrogens is 1. The first-order chi connectivity index (χ1) is 11.9. The first-order valence-corrected chi connectivity index (χ1v) is 9.58. The molecule has 0 aliphatic rings. The number of hydrogen-bond donors (Lipinski definition) is 1. The van der Waals surface area contributed by atoms with E-state index in [1.54, 1.807) is 18.0 Å². The van der Waals surface area contributed by atoms with Crippen LogP contribution in [0.25, 0.3) is 0 Å². The van der Waals surface area contributed by atoms with E-state index in [0.717, 1.165) is 17.2 Å². The predicted molar refractivity (Wildman–Crippen MR) is 104 cm³/mol. The van der Waals surface area contributed by atoms with Gasteiger partial charge in [-0.25, -0.2) is 0 Å². The molecule has 1 aromatic carbocycles. The normalized spacial score (nSPS) is 11.2. The Kier molecular flexibility index (Phi) is 7.31. The number of thioether (sulfide) groups is 1. The van der Waals surface area contributed by atoms with Gasteiger partial charge in [-0.15, -0.1) is 11.8 Å². The summed E-state index contributed by atoms with van der Waals surface area (Å²) in [7, 11) is 0. The van der Waals surface area contributed by atoms with E-state index in [0.29, 0.717) is 18.9 Å². The van der Waals surface area contributed by atoms with Crippen molar-refractivity contribution in [2.75, 3.05) is 18.9 Å². The summed E-state index contributed by atoms with van der Waals surface area (Å²) in [6.45, 7) is 7.52. The van der Waals surface area contributed by atoms with Crippen molar-refractivity contribution in [2.24, 2.45) is 0 Å². The van der Waals surface area contributed by atoms with Crippen molar-refractivity contribution in [1.29, 1.82) is 0 Å². The third-order valence-electron chi connectivity index (χ3n) is 3.62. The van der Waals surface area contributed by atoms with Crippen LogP contribution in [-0.2, 0) is 16.0 Å². The minimum atomic E-state index is 0.0209. The highest BCUT2D eigenvalue weighted by Crippen LogP contribution is 2.24. The molecule has 2 rings (SSSR count). The largest absolute Gasteiger partial charge is 0.492 e. The molecule has 25 heavy (non-hydrogen) atoms. The number of carbonyl (C=O) groups is 1. The van der Waals surface area contributed by atoms with E-state index in [2.05, 4.69) is 43.2 Å². The second kappa shape index (κ2) is 9.47. The molecule has 134 valence electrons. The molecule has 1 heterocycles. The Labute approximate surface area is 154 Å². The quantitative estimate of drug-likeness (QED) is 0.729. The van der Waals surface area contributed by atoms with Crippen LogP contribution in [0.2, 0.25) is 0 Å². The number of hydrogen-bond acceptors (Lipinski definition) is 4. The molecule has 0 radical (unpaired) electrons. The first-order valence-electron chi connectivity index (χ1n) is 8.43. The van der Waals surface area contributed by atoms with Gasteiger partial charge in [0.05, 0.1) is 18.0 Å². The fourth-order valence-electron chi connectivity index (χ4n) is 2.19. The lowest BCUT2D eigenvalue weighted by Gasteiger charge is -2.19. The second-order valence-electron chi connectivity index (χ2n) is 6.79. The zero-order valence-electron chi connectivity index (χ0n) is 15.1. The third kappa shape index (κ3) is 7.18. The third-order valence-corrected chi connectivity index (χ3v) is 4.59. The molecule has 0 unspecified atom stereocenters. The van der Waals surface area contributed by atoms with Crippen molar-refractivity contribution < 1.29 is 9.53 Å². The number of amides is 1. The van der Waals surface area contributed by atoms with Crippen LogP contribution in [0.4, 0.5) is 0 Å². The van der Waals surface area contributed by atoms with Gasteiger partial charge in [0.25, 0.3) is 0 Å². The van der Waals surface area contributed by atoms with Crippen molar-refractivity contribution in [1.82, 2.24) is 10.3 Å². The molecule has 0 aliphatic carbocycles. The van der Waals surface area contributed by atoms with Crippen molar-refractivity contribution in [3.8, 4) is 5.75 Å². The summed E-state index contributed by atoms with van der Waals surface area (Å²) in [6.07, 6.45) is 1.77. The number of carbonyl (C=O) groups excluding carboxylic acids is 1. The fourth-order valence-corrected chi connectivity index (χ4v) is 2.96. The number of nitrogens with zero attached hydrogens (tertiary/aromatic N) is 1. The average molecular weight is 359 g/mol. The standard InChI is InChI=1S/C20H26N2O2S/c1-20(2,3)16-7-9-18(10-8-16)24-13-12-22-19(23)15-25-14-17-6-4-5-11-21-17/h4-11H,12-15H2,1-3H3,(H,22,23). The average Bonchev–Trinajstić information content (AvgIpc) is 2.59. The summed E-state index contributed by atoms with van der Waals surface area (Å²) in [5.41, 5.74) is 2.40. The Bertz CT molecular complexity index is 652. The SMILES string of the molecule is CC(C)(C)c1ccc(OCCNC(=O)CSCc2ccccn2)cc1. The van der Waals surface area contributed by atoms with Crippen molar-refractivity contribution >= 4 is 17.7 Å². The van der Waals surface area contributed by atoms with Gasteiger partial charge < -0.3 is 10.1 Å². The fraction of sp³-hybridized carbons (Fsp3) is 0.400.